The van der Waals surface area contributed by atoms with Crippen molar-refractivity contribution < 1.29 is 18.7 Å². The van der Waals surface area contributed by atoms with Crippen LogP contribution in [0.5, 0.6) is 5.75 Å². The van der Waals surface area contributed by atoms with Gasteiger partial charge in [0.2, 0.25) is 5.91 Å². The van der Waals surface area contributed by atoms with Gasteiger partial charge in [-0.3, -0.25) is 9.59 Å². The van der Waals surface area contributed by atoms with Gasteiger partial charge in [0.25, 0.3) is 0 Å². The first kappa shape index (κ1) is 20.1. The molecule has 5 rings (SSSR count). The molecule has 1 saturated heterocycles. The van der Waals surface area contributed by atoms with Gasteiger partial charge in [-0.25, -0.2) is 0 Å². The lowest BCUT2D eigenvalue weighted by Gasteiger charge is -2.33. The molecule has 1 fully saturated rings. The summed E-state index contributed by atoms with van der Waals surface area (Å²) in [6.45, 7) is 1.58. The SMILES string of the molecule is COc1cc2c(cc1NC(=O)C1CCN(c3ccc(C=O)cc3)CC1)oc1ccccc12. The number of para-hydroxylation sites is 1. The quantitative estimate of drug-likeness (QED) is 0.439. The Morgan fingerprint density at radius 1 is 1.03 bits per heavy atom. The second-order valence-electron chi connectivity index (χ2n) is 8.11. The summed E-state index contributed by atoms with van der Waals surface area (Å²) in [7, 11) is 1.60. The summed E-state index contributed by atoms with van der Waals surface area (Å²) in [5.41, 5.74) is 3.89. The highest BCUT2D eigenvalue weighted by molar-refractivity contribution is 6.07. The summed E-state index contributed by atoms with van der Waals surface area (Å²) < 4.78 is 11.5. The highest BCUT2D eigenvalue weighted by Crippen LogP contribution is 2.37. The van der Waals surface area contributed by atoms with Gasteiger partial charge in [-0.05, 0) is 49.2 Å². The van der Waals surface area contributed by atoms with Gasteiger partial charge in [-0.15, -0.1) is 0 Å². The van der Waals surface area contributed by atoms with Gasteiger partial charge in [0.15, 0.2) is 0 Å². The Labute approximate surface area is 185 Å². The minimum Gasteiger partial charge on any atom is -0.495 e. The Balaban J connectivity index is 1.30. The number of anilines is 2. The fourth-order valence-electron chi connectivity index (χ4n) is 4.42. The number of methoxy groups -OCH3 is 1. The number of piperidine rings is 1. The van der Waals surface area contributed by atoms with E-state index in [1.807, 2.05) is 60.7 Å². The molecule has 1 aromatic heterocycles. The molecule has 32 heavy (non-hydrogen) atoms. The largest absolute Gasteiger partial charge is 0.495 e. The number of hydrogen-bond donors (Lipinski definition) is 1. The molecular weight excluding hydrogens is 404 g/mol. The lowest BCUT2D eigenvalue weighted by atomic mass is 9.95. The van der Waals surface area contributed by atoms with E-state index in [0.29, 0.717) is 17.0 Å². The first-order chi connectivity index (χ1) is 15.7. The van der Waals surface area contributed by atoms with Crippen molar-refractivity contribution in [2.45, 2.75) is 12.8 Å². The molecule has 0 unspecified atom stereocenters. The molecule has 2 heterocycles. The molecule has 4 aromatic rings. The number of furan rings is 1. The van der Waals surface area contributed by atoms with Crippen molar-refractivity contribution in [1.29, 1.82) is 0 Å². The average Bonchev–Trinajstić information content (AvgIpc) is 3.21. The topological polar surface area (TPSA) is 71.8 Å². The van der Waals surface area contributed by atoms with Crippen LogP contribution in [0.1, 0.15) is 23.2 Å². The number of benzene rings is 3. The molecular formula is C26H24N2O4. The monoisotopic (exact) mass is 428 g/mol. The van der Waals surface area contributed by atoms with Crippen LogP contribution in [0.25, 0.3) is 21.9 Å². The maximum atomic E-state index is 13.0. The lowest BCUT2D eigenvalue weighted by molar-refractivity contribution is -0.120. The predicted octanol–water partition coefficient (Wildman–Crippen LogP) is 5.26. The second kappa shape index (κ2) is 8.38. The van der Waals surface area contributed by atoms with E-state index in [-0.39, 0.29) is 11.8 Å². The van der Waals surface area contributed by atoms with Crippen LogP contribution in [0.2, 0.25) is 0 Å². The third-order valence-electron chi connectivity index (χ3n) is 6.22. The number of nitrogens with zero attached hydrogens (tertiary/aromatic N) is 1. The van der Waals surface area contributed by atoms with E-state index in [4.69, 9.17) is 9.15 Å². The number of fused-ring (bicyclic) bond motifs is 3. The van der Waals surface area contributed by atoms with Crippen molar-refractivity contribution in [3.05, 3.63) is 66.2 Å². The molecule has 162 valence electrons. The Morgan fingerprint density at radius 3 is 2.50 bits per heavy atom. The smallest absolute Gasteiger partial charge is 0.227 e. The molecule has 6 nitrogen and oxygen atoms in total. The van der Waals surface area contributed by atoms with Crippen LogP contribution in [-0.2, 0) is 4.79 Å². The predicted molar refractivity (Wildman–Crippen MR) is 126 cm³/mol. The summed E-state index contributed by atoms with van der Waals surface area (Å²) in [6.07, 6.45) is 2.37. The number of rotatable bonds is 5. The second-order valence-corrected chi connectivity index (χ2v) is 8.11. The van der Waals surface area contributed by atoms with Crippen LogP contribution >= 0.6 is 0 Å². The molecule has 1 amide bonds. The number of carbonyl (C=O) groups is 2. The summed E-state index contributed by atoms with van der Waals surface area (Å²) in [6, 6.07) is 19.2. The fourth-order valence-corrected chi connectivity index (χ4v) is 4.42. The van der Waals surface area contributed by atoms with Crippen molar-refractivity contribution in [3.63, 3.8) is 0 Å². The van der Waals surface area contributed by atoms with E-state index >= 15 is 0 Å². The molecule has 1 aliphatic heterocycles. The summed E-state index contributed by atoms with van der Waals surface area (Å²) >= 11 is 0. The van der Waals surface area contributed by atoms with Gasteiger partial charge >= 0.3 is 0 Å². The molecule has 3 aromatic carbocycles. The first-order valence-corrected chi connectivity index (χ1v) is 10.8. The van der Waals surface area contributed by atoms with E-state index in [0.717, 1.165) is 59.8 Å². The molecule has 6 heteroatoms. The van der Waals surface area contributed by atoms with E-state index < -0.39 is 0 Å². The van der Waals surface area contributed by atoms with Crippen LogP contribution in [0, 0.1) is 5.92 Å². The molecule has 0 spiro atoms. The van der Waals surface area contributed by atoms with Crippen molar-refractivity contribution in [2.24, 2.45) is 5.92 Å². The van der Waals surface area contributed by atoms with E-state index in [1.54, 1.807) is 7.11 Å². The van der Waals surface area contributed by atoms with Crippen LogP contribution in [0.15, 0.2) is 65.1 Å². The summed E-state index contributed by atoms with van der Waals surface area (Å²) in [5, 5.41) is 5.04. The van der Waals surface area contributed by atoms with Gasteiger partial charge in [0, 0.05) is 47.1 Å². The standard InChI is InChI=1S/C26H24N2O4/c1-31-25-14-21-20-4-2-3-5-23(20)32-24(21)15-22(25)27-26(30)18-10-12-28(13-11-18)19-8-6-17(16-29)7-9-19/h2-9,14-16,18H,10-13H2,1H3,(H,27,30). The Kier molecular flexibility index (Phi) is 5.27. The van der Waals surface area contributed by atoms with E-state index in [9.17, 15) is 9.59 Å². The summed E-state index contributed by atoms with van der Waals surface area (Å²) in [5.74, 6) is 0.538. The molecule has 1 aliphatic rings. The molecule has 1 N–H and O–H groups in total. The summed E-state index contributed by atoms with van der Waals surface area (Å²) in [4.78, 5) is 26.1. The van der Waals surface area contributed by atoms with Crippen LogP contribution in [-0.4, -0.2) is 32.4 Å². The van der Waals surface area contributed by atoms with Gasteiger partial charge < -0.3 is 19.4 Å². The first-order valence-electron chi connectivity index (χ1n) is 10.8. The number of amides is 1. The lowest BCUT2D eigenvalue weighted by Crippen LogP contribution is -2.38. The highest BCUT2D eigenvalue weighted by Gasteiger charge is 2.26. The van der Waals surface area contributed by atoms with E-state index in [1.165, 1.54) is 0 Å². The fraction of sp³-hybridized carbons (Fsp3) is 0.231. The van der Waals surface area contributed by atoms with Gasteiger partial charge in [-0.1, -0.05) is 18.2 Å². The molecule has 0 saturated carbocycles. The molecule has 0 atom stereocenters. The number of ether oxygens (including phenoxy) is 1. The normalized spacial score (nSPS) is 14.6. The minimum atomic E-state index is -0.0726. The van der Waals surface area contributed by atoms with E-state index in [2.05, 4.69) is 10.2 Å². The molecule has 0 aliphatic carbocycles. The number of nitrogens with one attached hydrogen (secondary N) is 1. The van der Waals surface area contributed by atoms with Crippen LogP contribution in [0.4, 0.5) is 11.4 Å². The Hall–Kier alpha value is -3.80. The Morgan fingerprint density at radius 2 is 1.78 bits per heavy atom. The highest BCUT2D eigenvalue weighted by atomic mass is 16.5. The molecule has 0 bridgehead atoms. The Bertz CT molecular complexity index is 1280. The maximum absolute atomic E-state index is 13.0. The van der Waals surface area contributed by atoms with Gasteiger partial charge in [0.05, 0.1) is 12.8 Å². The number of aldehydes is 1. The zero-order chi connectivity index (χ0) is 22.1. The third kappa shape index (κ3) is 3.68. The van der Waals surface area contributed by atoms with Gasteiger partial charge in [0.1, 0.15) is 23.2 Å². The molecule has 0 radical (unpaired) electrons. The van der Waals surface area contributed by atoms with Crippen molar-refractivity contribution in [3.8, 4) is 5.75 Å². The zero-order valence-electron chi connectivity index (χ0n) is 17.8. The van der Waals surface area contributed by atoms with Crippen LogP contribution in [0.3, 0.4) is 0 Å². The van der Waals surface area contributed by atoms with Gasteiger partial charge in [-0.2, -0.15) is 0 Å². The van der Waals surface area contributed by atoms with Crippen LogP contribution < -0.4 is 15.0 Å². The van der Waals surface area contributed by atoms with Crippen molar-refractivity contribution in [1.82, 2.24) is 0 Å². The minimum absolute atomic E-state index is 0.00489. The number of hydrogen-bond acceptors (Lipinski definition) is 5. The third-order valence-corrected chi connectivity index (χ3v) is 6.22. The maximum Gasteiger partial charge on any atom is 0.227 e. The number of carbonyl (C=O) groups excluding carboxylic acids is 2. The average molecular weight is 428 g/mol. The van der Waals surface area contributed by atoms with Crippen molar-refractivity contribution >= 4 is 45.5 Å². The zero-order valence-corrected chi connectivity index (χ0v) is 17.8. The van der Waals surface area contributed by atoms with Crippen molar-refractivity contribution in [2.75, 3.05) is 30.4 Å².